The molecule has 3 aliphatic carbocycles. The molecule has 0 bridgehead atoms. The molecule has 3 aliphatic rings. The number of carbonyl (C=O) groups is 1. The third-order valence-electron chi connectivity index (χ3n) is 6.81. The lowest BCUT2D eigenvalue weighted by atomic mass is 9.71. The number of nitriles is 1. The third-order valence-corrected chi connectivity index (χ3v) is 6.81. The summed E-state index contributed by atoms with van der Waals surface area (Å²) in [6, 6.07) is 2.43. The van der Waals surface area contributed by atoms with Crippen molar-refractivity contribution in [1.82, 2.24) is 0 Å². The van der Waals surface area contributed by atoms with Crippen LogP contribution in [0.3, 0.4) is 0 Å². The molecule has 3 rings (SSSR count). The molecule has 3 nitrogen and oxygen atoms in total. The molecule has 0 aliphatic heterocycles. The molecule has 0 spiro atoms. The van der Waals surface area contributed by atoms with Crippen molar-refractivity contribution < 1.29 is 9.53 Å². The van der Waals surface area contributed by atoms with Crippen LogP contribution in [0.2, 0.25) is 0 Å². The summed E-state index contributed by atoms with van der Waals surface area (Å²) in [5, 5.41) is 9.03. The Hall–Kier alpha value is -1.04. The van der Waals surface area contributed by atoms with Crippen LogP contribution in [0.1, 0.15) is 104 Å². The lowest BCUT2D eigenvalue weighted by molar-refractivity contribution is -0.156. The van der Waals surface area contributed by atoms with Gasteiger partial charge in [0.25, 0.3) is 0 Å². The number of nitrogens with zero attached hydrogens (tertiary/aromatic N) is 1. The van der Waals surface area contributed by atoms with E-state index >= 15 is 0 Å². The minimum absolute atomic E-state index is 0.0925. The molecular weight excluding hydrogens is 322 g/mol. The molecule has 3 fully saturated rings. The van der Waals surface area contributed by atoms with Crippen LogP contribution in [0.4, 0.5) is 0 Å². The third kappa shape index (κ3) is 6.29. The molecule has 26 heavy (non-hydrogen) atoms. The number of hydrogen-bond acceptors (Lipinski definition) is 3. The van der Waals surface area contributed by atoms with Gasteiger partial charge in [-0.15, -0.1) is 0 Å². The van der Waals surface area contributed by atoms with Gasteiger partial charge in [0.1, 0.15) is 6.10 Å². The monoisotopic (exact) mass is 361 g/mol. The molecule has 0 unspecified atom stereocenters. The van der Waals surface area contributed by atoms with E-state index in [9.17, 15) is 4.79 Å². The Morgan fingerprint density at radius 2 is 1.27 bits per heavy atom. The van der Waals surface area contributed by atoms with E-state index in [-0.39, 0.29) is 18.0 Å². The van der Waals surface area contributed by atoms with Crippen LogP contribution in [0.5, 0.6) is 0 Å². The first-order valence-electron chi connectivity index (χ1n) is 11.4. The van der Waals surface area contributed by atoms with Crippen molar-refractivity contribution in [3.63, 3.8) is 0 Å². The fraction of sp³-hybridized carbons (Fsp3) is 0.913. The molecule has 0 amide bonds. The fourth-order valence-electron chi connectivity index (χ4n) is 5.17. The van der Waals surface area contributed by atoms with Crippen molar-refractivity contribution in [3.8, 4) is 6.07 Å². The van der Waals surface area contributed by atoms with Crippen molar-refractivity contribution in [2.45, 2.75) is 110 Å². The second-order valence-corrected chi connectivity index (χ2v) is 8.40. The minimum Gasteiger partial charge on any atom is -0.462 e. The summed E-state index contributed by atoms with van der Waals surface area (Å²) in [6.07, 6.45) is 16.4. The maximum absolute atomic E-state index is 12.4. The maximum Gasteiger partial charge on any atom is 0.309 e. The Labute approximate surface area is 160 Å². The van der Waals surface area contributed by atoms with Gasteiger partial charge in [0.05, 0.1) is 12.0 Å². The van der Waals surface area contributed by atoms with E-state index in [4.69, 9.17) is 10.00 Å². The summed E-state index contributed by atoms with van der Waals surface area (Å²) in [6.45, 7) is 4.00. The van der Waals surface area contributed by atoms with Crippen LogP contribution >= 0.6 is 0 Å². The Kier molecular flexibility index (Phi) is 9.51. The average Bonchev–Trinajstić information content (AvgIpc) is 3.00. The van der Waals surface area contributed by atoms with Crippen LogP contribution in [0, 0.1) is 35.0 Å². The van der Waals surface area contributed by atoms with Gasteiger partial charge in [0.15, 0.2) is 0 Å². The van der Waals surface area contributed by atoms with E-state index in [0.29, 0.717) is 5.92 Å². The van der Waals surface area contributed by atoms with E-state index in [1.165, 1.54) is 51.4 Å². The van der Waals surface area contributed by atoms with Crippen molar-refractivity contribution in [2.75, 3.05) is 0 Å². The molecule has 148 valence electrons. The first-order chi connectivity index (χ1) is 12.8. The maximum atomic E-state index is 12.4. The second kappa shape index (κ2) is 11.6. The Bertz CT molecular complexity index is 432. The normalized spacial score (nSPS) is 33.1. The van der Waals surface area contributed by atoms with Crippen molar-refractivity contribution >= 4 is 5.97 Å². The van der Waals surface area contributed by atoms with Gasteiger partial charge >= 0.3 is 5.97 Å². The van der Waals surface area contributed by atoms with Crippen molar-refractivity contribution in [1.29, 1.82) is 5.26 Å². The lowest BCUT2D eigenvalue weighted by Gasteiger charge is -2.36. The Morgan fingerprint density at radius 3 is 1.77 bits per heavy atom. The van der Waals surface area contributed by atoms with Crippen LogP contribution in [-0.4, -0.2) is 12.1 Å². The molecule has 0 aromatic rings. The lowest BCUT2D eigenvalue weighted by Crippen LogP contribution is -2.31. The van der Waals surface area contributed by atoms with E-state index < -0.39 is 0 Å². The van der Waals surface area contributed by atoms with E-state index in [2.05, 4.69) is 6.07 Å². The highest BCUT2D eigenvalue weighted by Gasteiger charge is 2.33. The van der Waals surface area contributed by atoms with Gasteiger partial charge in [-0.25, -0.2) is 0 Å². The van der Waals surface area contributed by atoms with Gasteiger partial charge in [0, 0.05) is 5.92 Å². The molecule has 3 saturated carbocycles. The van der Waals surface area contributed by atoms with E-state index in [1.807, 2.05) is 13.8 Å². The number of ether oxygens (including phenoxy) is 1. The van der Waals surface area contributed by atoms with Gasteiger partial charge in [-0.3, -0.25) is 4.79 Å². The van der Waals surface area contributed by atoms with Crippen molar-refractivity contribution in [3.05, 3.63) is 0 Å². The molecular formula is C23H39NO2. The van der Waals surface area contributed by atoms with Gasteiger partial charge in [0.2, 0.25) is 0 Å². The average molecular weight is 362 g/mol. The number of hydrogen-bond donors (Lipinski definition) is 0. The number of carbonyl (C=O) groups excluding carboxylic acids is 1. The first kappa shape index (κ1) is 21.3. The summed E-state index contributed by atoms with van der Waals surface area (Å²) in [4.78, 5) is 12.4. The van der Waals surface area contributed by atoms with Gasteiger partial charge in [-0.2, -0.15) is 5.26 Å². The van der Waals surface area contributed by atoms with Crippen LogP contribution in [0.25, 0.3) is 0 Å². The Balaban J connectivity index is 0.00000117. The van der Waals surface area contributed by atoms with Crippen molar-refractivity contribution in [2.24, 2.45) is 23.7 Å². The number of esters is 1. The topological polar surface area (TPSA) is 50.1 Å². The predicted molar refractivity (Wildman–Crippen MR) is 105 cm³/mol. The largest absolute Gasteiger partial charge is 0.462 e. The highest BCUT2D eigenvalue weighted by atomic mass is 16.5. The number of rotatable bonds is 3. The zero-order valence-corrected chi connectivity index (χ0v) is 17.0. The molecule has 0 N–H and O–H groups in total. The van der Waals surface area contributed by atoms with Gasteiger partial charge < -0.3 is 4.74 Å². The summed E-state index contributed by atoms with van der Waals surface area (Å²) in [5.41, 5.74) is 0. The van der Waals surface area contributed by atoms with Crippen LogP contribution in [0.15, 0.2) is 0 Å². The summed E-state index contributed by atoms with van der Waals surface area (Å²) >= 11 is 0. The fourth-order valence-corrected chi connectivity index (χ4v) is 5.17. The highest BCUT2D eigenvalue weighted by molar-refractivity contribution is 5.72. The molecule has 0 atom stereocenters. The molecule has 0 aromatic heterocycles. The Morgan fingerprint density at radius 1 is 0.769 bits per heavy atom. The van der Waals surface area contributed by atoms with E-state index in [0.717, 1.165) is 50.4 Å². The first-order valence-corrected chi connectivity index (χ1v) is 11.4. The van der Waals surface area contributed by atoms with E-state index in [1.54, 1.807) is 0 Å². The SMILES string of the molecule is CC.N#CC1CCC(C2CCC(OC(=O)C3CCCCCC3)CC2)CC1. The summed E-state index contributed by atoms with van der Waals surface area (Å²) < 4.78 is 5.87. The molecule has 0 saturated heterocycles. The van der Waals surface area contributed by atoms with Crippen LogP contribution in [-0.2, 0) is 9.53 Å². The van der Waals surface area contributed by atoms with Gasteiger partial charge in [-0.05, 0) is 76.0 Å². The van der Waals surface area contributed by atoms with Gasteiger partial charge in [-0.1, -0.05) is 39.5 Å². The molecule has 0 aromatic carbocycles. The molecule has 0 radical (unpaired) electrons. The summed E-state index contributed by atoms with van der Waals surface area (Å²) in [7, 11) is 0. The quantitative estimate of drug-likeness (QED) is 0.431. The smallest absolute Gasteiger partial charge is 0.309 e. The zero-order valence-electron chi connectivity index (χ0n) is 17.0. The molecule has 0 heterocycles. The second-order valence-electron chi connectivity index (χ2n) is 8.40. The summed E-state index contributed by atoms with van der Waals surface area (Å²) in [5.74, 6) is 2.19. The zero-order chi connectivity index (χ0) is 18.8. The molecule has 3 heteroatoms. The minimum atomic E-state index is 0.0925. The highest BCUT2D eigenvalue weighted by Crippen LogP contribution is 2.40. The van der Waals surface area contributed by atoms with Crippen LogP contribution < -0.4 is 0 Å². The predicted octanol–water partition coefficient (Wildman–Crippen LogP) is 6.41. The standard InChI is InChI=1S/C21H33NO2.C2H6/c22-15-16-7-9-17(10-8-16)18-11-13-20(14-12-18)24-21(23)19-5-3-1-2-4-6-19;1-2/h16-20H,1-14H2;1-2H3.